The molecular formula is C11H16ClN3O. The summed E-state index contributed by atoms with van der Waals surface area (Å²) in [6.45, 7) is 2.27. The summed E-state index contributed by atoms with van der Waals surface area (Å²) in [6.07, 6.45) is 3.15. The molecular weight excluding hydrogens is 226 g/mol. The van der Waals surface area contributed by atoms with Gasteiger partial charge in [0.25, 0.3) is 0 Å². The average Bonchev–Trinajstić information content (AvgIpc) is 2.32. The van der Waals surface area contributed by atoms with Crippen LogP contribution in [-0.4, -0.2) is 35.0 Å². The van der Waals surface area contributed by atoms with Crippen LogP contribution in [0.15, 0.2) is 12.1 Å². The zero-order valence-corrected chi connectivity index (χ0v) is 9.90. The molecule has 4 nitrogen and oxygen atoms in total. The molecule has 0 radical (unpaired) electrons. The van der Waals surface area contributed by atoms with Crippen LogP contribution in [0, 0.1) is 5.92 Å². The summed E-state index contributed by atoms with van der Waals surface area (Å²) in [4.78, 5) is 2.22. The van der Waals surface area contributed by atoms with E-state index in [4.69, 9.17) is 16.7 Å². The molecule has 1 aliphatic heterocycles. The molecule has 2 rings (SSSR count). The molecule has 0 aromatic carbocycles. The number of aliphatic hydroxyl groups is 1. The molecule has 0 aliphatic carbocycles. The van der Waals surface area contributed by atoms with E-state index in [1.165, 1.54) is 0 Å². The zero-order valence-electron chi connectivity index (χ0n) is 9.14. The first kappa shape index (κ1) is 11.6. The summed E-state index contributed by atoms with van der Waals surface area (Å²) >= 11 is 5.70. The van der Waals surface area contributed by atoms with Crippen molar-refractivity contribution < 1.29 is 5.11 Å². The standard InChI is InChI=1S/C11H16ClN3O/c12-10-1-2-11(14-13-10)15-6-3-9(4-7-15)5-8-16/h1-2,9,16H,3-8H2. The molecule has 1 saturated heterocycles. The average molecular weight is 242 g/mol. The van der Waals surface area contributed by atoms with Crippen molar-refractivity contribution in [2.75, 3.05) is 24.6 Å². The minimum Gasteiger partial charge on any atom is -0.396 e. The summed E-state index contributed by atoms with van der Waals surface area (Å²) < 4.78 is 0. The first-order valence-corrected chi connectivity index (χ1v) is 6.02. The molecule has 1 fully saturated rings. The molecule has 1 aromatic heterocycles. The largest absolute Gasteiger partial charge is 0.396 e. The lowest BCUT2D eigenvalue weighted by Crippen LogP contribution is -2.34. The molecule has 0 spiro atoms. The Morgan fingerprint density at radius 1 is 1.31 bits per heavy atom. The van der Waals surface area contributed by atoms with Gasteiger partial charge in [0, 0.05) is 19.7 Å². The van der Waals surface area contributed by atoms with Crippen molar-refractivity contribution >= 4 is 17.4 Å². The van der Waals surface area contributed by atoms with Crippen molar-refractivity contribution in [1.29, 1.82) is 0 Å². The molecule has 16 heavy (non-hydrogen) atoms. The smallest absolute Gasteiger partial charge is 0.151 e. The first-order valence-electron chi connectivity index (χ1n) is 5.64. The highest BCUT2D eigenvalue weighted by atomic mass is 35.5. The van der Waals surface area contributed by atoms with E-state index in [2.05, 4.69) is 15.1 Å². The van der Waals surface area contributed by atoms with Gasteiger partial charge in [0.2, 0.25) is 0 Å². The van der Waals surface area contributed by atoms with E-state index in [1.54, 1.807) is 6.07 Å². The van der Waals surface area contributed by atoms with E-state index >= 15 is 0 Å². The van der Waals surface area contributed by atoms with Crippen molar-refractivity contribution in [3.8, 4) is 0 Å². The van der Waals surface area contributed by atoms with E-state index in [9.17, 15) is 0 Å². The number of aromatic nitrogens is 2. The SMILES string of the molecule is OCCC1CCN(c2ccc(Cl)nn2)CC1. The Morgan fingerprint density at radius 3 is 2.62 bits per heavy atom. The lowest BCUT2D eigenvalue weighted by atomic mass is 9.94. The third-order valence-electron chi connectivity index (χ3n) is 3.09. The van der Waals surface area contributed by atoms with Crippen LogP contribution in [0.5, 0.6) is 0 Å². The maximum Gasteiger partial charge on any atom is 0.151 e. The predicted molar refractivity (Wildman–Crippen MR) is 63.7 cm³/mol. The van der Waals surface area contributed by atoms with Crippen LogP contribution in [-0.2, 0) is 0 Å². The molecule has 0 amide bonds. The van der Waals surface area contributed by atoms with Crippen molar-refractivity contribution in [2.24, 2.45) is 5.92 Å². The van der Waals surface area contributed by atoms with Gasteiger partial charge in [-0.2, -0.15) is 0 Å². The first-order chi connectivity index (χ1) is 7.79. The Hall–Kier alpha value is -0.870. The monoisotopic (exact) mass is 241 g/mol. The Balaban J connectivity index is 1.91. The van der Waals surface area contributed by atoms with Gasteiger partial charge in [0.15, 0.2) is 11.0 Å². The van der Waals surface area contributed by atoms with Gasteiger partial charge in [-0.25, -0.2) is 0 Å². The minimum atomic E-state index is 0.297. The number of hydrogen-bond acceptors (Lipinski definition) is 4. The maximum absolute atomic E-state index is 8.88. The Kier molecular flexibility index (Phi) is 3.96. The van der Waals surface area contributed by atoms with Crippen LogP contribution in [0.1, 0.15) is 19.3 Å². The third-order valence-corrected chi connectivity index (χ3v) is 3.30. The Morgan fingerprint density at radius 2 is 2.06 bits per heavy atom. The van der Waals surface area contributed by atoms with Gasteiger partial charge in [0.1, 0.15) is 0 Å². The van der Waals surface area contributed by atoms with Crippen molar-refractivity contribution in [3.63, 3.8) is 0 Å². The Labute approximate surface area is 100 Å². The third kappa shape index (κ3) is 2.83. The van der Waals surface area contributed by atoms with Gasteiger partial charge >= 0.3 is 0 Å². The summed E-state index contributed by atoms with van der Waals surface area (Å²) in [6, 6.07) is 3.67. The fourth-order valence-electron chi connectivity index (χ4n) is 2.11. The van der Waals surface area contributed by atoms with E-state index < -0.39 is 0 Å². The molecule has 1 N–H and O–H groups in total. The quantitative estimate of drug-likeness (QED) is 0.876. The number of nitrogens with zero attached hydrogens (tertiary/aromatic N) is 3. The normalized spacial score (nSPS) is 17.8. The fourth-order valence-corrected chi connectivity index (χ4v) is 2.21. The van der Waals surface area contributed by atoms with Gasteiger partial charge < -0.3 is 10.0 Å². The highest BCUT2D eigenvalue weighted by Gasteiger charge is 2.19. The summed E-state index contributed by atoms with van der Waals surface area (Å²) in [7, 11) is 0. The van der Waals surface area contributed by atoms with Crippen LogP contribution in [0.3, 0.4) is 0 Å². The topological polar surface area (TPSA) is 49.2 Å². The Bertz CT molecular complexity index is 323. The number of anilines is 1. The highest BCUT2D eigenvalue weighted by molar-refractivity contribution is 6.29. The number of rotatable bonds is 3. The maximum atomic E-state index is 8.88. The van der Waals surface area contributed by atoms with Gasteiger partial charge in [-0.3, -0.25) is 0 Å². The second-order valence-corrected chi connectivity index (χ2v) is 4.54. The molecule has 1 aliphatic rings. The highest BCUT2D eigenvalue weighted by Crippen LogP contribution is 2.23. The van der Waals surface area contributed by atoms with Crippen LogP contribution < -0.4 is 4.90 Å². The van der Waals surface area contributed by atoms with Gasteiger partial charge in [-0.15, -0.1) is 10.2 Å². The molecule has 0 unspecified atom stereocenters. The molecule has 0 atom stereocenters. The van der Waals surface area contributed by atoms with E-state index in [1.807, 2.05) is 6.07 Å². The lowest BCUT2D eigenvalue weighted by molar-refractivity contribution is 0.240. The molecule has 2 heterocycles. The minimum absolute atomic E-state index is 0.297. The summed E-state index contributed by atoms with van der Waals surface area (Å²) in [5, 5.41) is 17.2. The number of hydrogen-bond donors (Lipinski definition) is 1. The van der Waals surface area contributed by atoms with Gasteiger partial charge in [0.05, 0.1) is 0 Å². The number of aliphatic hydroxyl groups excluding tert-OH is 1. The molecule has 1 aromatic rings. The predicted octanol–water partition coefficient (Wildman–Crippen LogP) is 1.73. The van der Waals surface area contributed by atoms with Crippen molar-refractivity contribution in [1.82, 2.24) is 10.2 Å². The van der Waals surface area contributed by atoms with Crippen LogP contribution in [0.25, 0.3) is 0 Å². The molecule has 0 saturated carbocycles. The lowest BCUT2D eigenvalue weighted by Gasteiger charge is -2.32. The van der Waals surface area contributed by atoms with Crippen LogP contribution in [0.2, 0.25) is 5.15 Å². The summed E-state index contributed by atoms with van der Waals surface area (Å²) in [5.74, 6) is 1.55. The zero-order chi connectivity index (χ0) is 11.4. The second kappa shape index (κ2) is 5.46. The second-order valence-electron chi connectivity index (χ2n) is 4.16. The molecule has 88 valence electrons. The summed E-state index contributed by atoms with van der Waals surface area (Å²) in [5.41, 5.74) is 0. The van der Waals surface area contributed by atoms with Gasteiger partial charge in [-0.1, -0.05) is 11.6 Å². The van der Waals surface area contributed by atoms with Crippen molar-refractivity contribution in [2.45, 2.75) is 19.3 Å². The number of piperidine rings is 1. The molecule has 0 bridgehead atoms. The number of halogens is 1. The van der Waals surface area contributed by atoms with Crippen LogP contribution >= 0.6 is 11.6 Å². The van der Waals surface area contributed by atoms with E-state index in [-0.39, 0.29) is 0 Å². The fraction of sp³-hybridized carbons (Fsp3) is 0.636. The van der Waals surface area contributed by atoms with Gasteiger partial charge in [-0.05, 0) is 37.3 Å². The van der Waals surface area contributed by atoms with Crippen molar-refractivity contribution in [3.05, 3.63) is 17.3 Å². The molecule has 5 heteroatoms. The van der Waals surface area contributed by atoms with Crippen LogP contribution in [0.4, 0.5) is 5.82 Å². The van der Waals surface area contributed by atoms with E-state index in [0.717, 1.165) is 38.2 Å². The van der Waals surface area contributed by atoms with E-state index in [0.29, 0.717) is 17.7 Å².